The van der Waals surface area contributed by atoms with Crippen LogP contribution in [0, 0.1) is 0 Å². The van der Waals surface area contributed by atoms with Gasteiger partial charge in [-0.3, -0.25) is 0 Å². The molecular formula is C36H35F3N6O9S2. The lowest BCUT2D eigenvalue weighted by Gasteiger charge is -2.14. The molecular weight excluding hydrogens is 782 g/mol. The van der Waals surface area contributed by atoms with E-state index >= 15 is 0 Å². The first kappa shape index (κ1) is 43.2. The molecule has 0 aromatic heterocycles. The van der Waals surface area contributed by atoms with Crippen LogP contribution in [0.4, 0.5) is 30.2 Å². The standard InChI is InChI=1S/C36H35F3N6O9S2/c1-3-34(46)51-19-7-5-4-6-18-50-27-13-8-23(9-14-27)35(47)52-31-17-12-24(20-30(31)36(37,38)39)44-45-26-11-16-29(33(22-26)56(41,48)49)28-15-10-25(43-42-2)21-32(28)55-54-53-40/h3,8-17,20-22H,1,4-7,18-19,40H2,2H3,(H2,41,48,49). The van der Waals surface area contributed by atoms with E-state index < -0.39 is 39.5 Å². The minimum Gasteiger partial charge on any atom is -0.494 e. The van der Waals surface area contributed by atoms with Gasteiger partial charge >= 0.3 is 18.1 Å². The zero-order valence-corrected chi connectivity index (χ0v) is 31.2. The molecule has 0 unspecified atom stereocenters. The Labute approximate surface area is 323 Å². The summed E-state index contributed by atoms with van der Waals surface area (Å²) in [5.41, 5.74) is -0.824. The number of rotatable bonds is 19. The number of carbonyl (C=O) groups is 2. The van der Waals surface area contributed by atoms with Gasteiger partial charge in [-0.2, -0.15) is 39.5 Å². The fraction of sp³-hybridized carbons (Fsp3) is 0.222. The number of benzene rings is 4. The number of sulfonamides is 1. The highest BCUT2D eigenvalue weighted by Gasteiger charge is 2.35. The molecule has 56 heavy (non-hydrogen) atoms. The maximum absolute atomic E-state index is 14.1. The van der Waals surface area contributed by atoms with Crippen LogP contribution >= 0.6 is 12.0 Å². The summed E-state index contributed by atoms with van der Waals surface area (Å²) >= 11 is 0.661. The highest BCUT2D eigenvalue weighted by molar-refractivity contribution is 7.94. The number of azo groups is 2. The summed E-state index contributed by atoms with van der Waals surface area (Å²) in [5.74, 6) is 3.13. The summed E-state index contributed by atoms with van der Waals surface area (Å²) < 4.78 is 88.2. The summed E-state index contributed by atoms with van der Waals surface area (Å²) in [7, 11) is -2.93. The fourth-order valence-electron chi connectivity index (χ4n) is 4.90. The molecule has 0 amide bonds. The molecule has 0 saturated carbocycles. The second-order valence-corrected chi connectivity index (χ2v) is 13.7. The lowest BCUT2D eigenvalue weighted by molar-refractivity contribution is -0.195. The minimum atomic E-state index is -4.96. The van der Waals surface area contributed by atoms with E-state index in [2.05, 4.69) is 32.0 Å². The fourth-order valence-corrected chi connectivity index (χ4v) is 6.22. The van der Waals surface area contributed by atoms with Gasteiger partial charge in [-0.1, -0.05) is 18.7 Å². The van der Waals surface area contributed by atoms with Crippen molar-refractivity contribution in [3.05, 3.63) is 103 Å². The molecule has 0 aliphatic heterocycles. The first-order chi connectivity index (χ1) is 26.7. The third-order valence-electron chi connectivity index (χ3n) is 7.47. The minimum absolute atomic E-state index is 0.0224. The Bertz CT molecular complexity index is 2190. The highest BCUT2D eigenvalue weighted by atomic mass is 32.2. The van der Waals surface area contributed by atoms with Crippen LogP contribution in [0.15, 0.2) is 122 Å². The number of unbranched alkanes of at least 4 members (excludes halogenated alkanes) is 3. The number of primary sulfonamides is 1. The van der Waals surface area contributed by atoms with Crippen molar-refractivity contribution in [2.45, 2.75) is 41.7 Å². The van der Waals surface area contributed by atoms with E-state index in [1.807, 2.05) is 0 Å². The lowest BCUT2D eigenvalue weighted by Crippen LogP contribution is -2.13. The van der Waals surface area contributed by atoms with E-state index in [9.17, 15) is 31.2 Å². The van der Waals surface area contributed by atoms with Crippen LogP contribution in [0.3, 0.4) is 0 Å². The quantitative estimate of drug-likeness (QED) is 0.0133. The molecule has 0 fully saturated rings. The normalized spacial score (nSPS) is 11.9. The van der Waals surface area contributed by atoms with Crippen LogP contribution in [-0.4, -0.2) is 40.6 Å². The second kappa shape index (κ2) is 20.4. The monoisotopic (exact) mass is 816 g/mol. The molecule has 0 aliphatic rings. The Hall–Kier alpha value is -5.51. The van der Waals surface area contributed by atoms with E-state index in [1.165, 1.54) is 55.6 Å². The molecule has 296 valence electrons. The Balaban J connectivity index is 1.46. The molecule has 0 atom stereocenters. The third-order valence-corrected chi connectivity index (χ3v) is 9.08. The number of esters is 2. The average molecular weight is 817 g/mol. The SMILES string of the molecule is C=CC(=O)OCCCCCCOc1ccc(C(=O)Oc2ccc(N=Nc3ccc(-c4ccc(N=NC)cc4SOON)c(S(N)(=O)=O)c3)cc2C(F)(F)F)cc1. The topological polar surface area (TPSA) is 216 Å². The van der Waals surface area contributed by atoms with Gasteiger partial charge in [0, 0.05) is 23.6 Å². The van der Waals surface area contributed by atoms with Gasteiger partial charge in [0.25, 0.3) is 0 Å². The van der Waals surface area contributed by atoms with E-state index in [-0.39, 0.29) is 27.4 Å². The van der Waals surface area contributed by atoms with Gasteiger partial charge in [0.2, 0.25) is 10.0 Å². The summed E-state index contributed by atoms with van der Waals surface area (Å²) in [6.07, 6.45) is -0.769. The van der Waals surface area contributed by atoms with Crippen LogP contribution in [0.25, 0.3) is 11.1 Å². The Morgan fingerprint density at radius 1 is 0.839 bits per heavy atom. The van der Waals surface area contributed by atoms with Gasteiger partial charge in [0.05, 0.1) is 52.8 Å². The molecule has 0 bridgehead atoms. The predicted molar refractivity (Wildman–Crippen MR) is 198 cm³/mol. The Morgan fingerprint density at radius 2 is 1.46 bits per heavy atom. The maximum atomic E-state index is 14.1. The van der Waals surface area contributed by atoms with Crippen molar-refractivity contribution in [2.24, 2.45) is 31.5 Å². The second-order valence-electron chi connectivity index (χ2n) is 11.4. The zero-order chi connectivity index (χ0) is 40.7. The number of hydrogen-bond donors (Lipinski definition) is 2. The first-order valence-electron chi connectivity index (χ1n) is 16.4. The number of alkyl halides is 3. The van der Waals surface area contributed by atoms with E-state index in [0.717, 1.165) is 43.5 Å². The summed E-state index contributed by atoms with van der Waals surface area (Å²) in [4.78, 5) is 28.0. The molecule has 0 radical (unpaired) electrons. The van der Waals surface area contributed by atoms with Gasteiger partial charge < -0.3 is 14.2 Å². The number of hydrogen-bond acceptors (Lipinski definition) is 15. The van der Waals surface area contributed by atoms with E-state index in [0.29, 0.717) is 59.6 Å². The predicted octanol–water partition coefficient (Wildman–Crippen LogP) is 8.87. The number of halogens is 3. The first-order valence-corrected chi connectivity index (χ1v) is 18.7. The van der Waals surface area contributed by atoms with Crippen LogP contribution in [0.1, 0.15) is 41.6 Å². The summed E-state index contributed by atoms with van der Waals surface area (Å²) in [6, 6.07) is 16.8. The van der Waals surface area contributed by atoms with Gasteiger partial charge in [-0.25, -0.2) is 23.1 Å². The molecule has 4 aromatic carbocycles. The number of nitrogens with zero attached hydrogens (tertiary/aromatic N) is 4. The molecule has 0 saturated heterocycles. The molecule has 4 N–H and O–H groups in total. The lowest BCUT2D eigenvalue weighted by atomic mass is 10.0. The van der Waals surface area contributed by atoms with Gasteiger partial charge in [0.15, 0.2) is 0 Å². The molecule has 0 spiro atoms. The van der Waals surface area contributed by atoms with Crippen molar-refractivity contribution in [1.29, 1.82) is 0 Å². The smallest absolute Gasteiger partial charge is 0.420 e. The van der Waals surface area contributed by atoms with Crippen molar-refractivity contribution in [1.82, 2.24) is 0 Å². The van der Waals surface area contributed by atoms with E-state index in [4.69, 9.17) is 29.6 Å². The van der Waals surface area contributed by atoms with Gasteiger partial charge in [0.1, 0.15) is 17.1 Å². The summed E-state index contributed by atoms with van der Waals surface area (Å²) in [6.45, 7) is 4.02. The van der Waals surface area contributed by atoms with E-state index in [1.54, 1.807) is 6.07 Å². The molecule has 20 heteroatoms. The largest absolute Gasteiger partial charge is 0.494 e. The number of carbonyl (C=O) groups excluding carboxylic acids is 2. The van der Waals surface area contributed by atoms with Crippen molar-refractivity contribution < 1.29 is 54.7 Å². The molecule has 0 heterocycles. The van der Waals surface area contributed by atoms with Crippen LogP contribution in [0.5, 0.6) is 11.5 Å². The van der Waals surface area contributed by atoms with Crippen LogP contribution in [0.2, 0.25) is 0 Å². The van der Waals surface area contributed by atoms with Crippen molar-refractivity contribution in [3.63, 3.8) is 0 Å². The molecule has 0 aliphatic carbocycles. The maximum Gasteiger partial charge on any atom is 0.420 e. The van der Waals surface area contributed by atoms with Crippen LogP contribution in [-0.2, 0) is 35.1 Å². The average Bonchev–Trinajstić information content (AvgIpc) is 3.17. The molecule has 15 nitrogen and oxygen atoms in total. The number of nitrogens with two attached hydrogens (primary N) is 2. The van der Waals surface area contributed by atoms with Crippen molar-refractivity contribution in [3.8, 4) is 22.6 Å². The zero-order valence-electron chi connectivity index (χ0n) is 29.6. The van der Waals surface area contributed by atoms with Gasteiger partial charge in [-0.15, -0.1) is 9.32 Å². The Kier molecular flexibility index (Phi) is 15.8. The molecule has 4 aromatic rings. The van der Waals surface area contributed by atoms with Crippen molar-refractivity contribution >= 4 is 51.1 Å². The van der Waals surface area contributed by atoms with Crippen molar-refractivity contribution in [2.75, 3.05) is 20.3 Å². The number of ether oxygens (including phenoxy) is 3. The van der Waals surface area contributed by atoms with Crippen LogP contribution < -0.4 is 20.5 Å². The third kappa shape index (κ3) is 12.8. The molecule has 4 rings (SSSR count). The summed E-state index contributed by atoms with van der Waals surface area (Å²) in [5, 5.41) is 20.9. The van der Waals surface area contributed by atoms with Gasteiger partial charge in [-0.05, 0) is 98.0 Å². The highest BCUT2D eigenvalue weighted by Crippen LogP contribution is 2.41. The Morgan fingerprint density at radius 3 is 2.09 bits per heavy atom.